The molecule has 8 nitrogen and oxygen atoms in total. The maximum Gasteiger partial charge on any atom is 0.251 e. The van der Waals surface area contributed by atoms with Crippen molar-refractivity contribution in [3.05, 3.63) is 96.7 Å². The van der Waals surface area contributed by atoms with Crippen LogP contribution in [0.5, 0.6) is 0 Å². The summed E-state index contributed by atoms with van der Waals surface area (Å²) < 4.78 is 0. The number of carbonyl (C=O) groups excluding carboxylic acids is 3. The van der Waals surface area contributed by atoms with E-state index >= 15 is 0 Å². The number of amides is 1. The lowest BCUT2D eigenvalue weighted by Crippen LogP contribution is -2.39. The summed E-state index contributed by atoms with van der Waals surface area (Å²) in [5.41, 5.74) is 0.434. The van der Waals surface area contributed by atoms with Crippen molar-refractivity contribution < 1.29 is 24.6 Å². The molecular weight excluding hydrogens is 518 g/mol. The molecule has 0 aromatic heterocycles. The molecule has 226 valence electrons. The maximum absolute atomic E-state index is 11.1. The Morgan fingerprint density at radius 3 is 1.59 bits per heavy atom. The van der Waals surface area contributed by atoms with Crippen LogP contribution in [0.1, 0.15) is 68.6 Å². The van der Waals surface area contributed by atoms with Crippen molar-refractivity contribution >= 4 is 17.8 Å². The second-order valence-corrected chi connectivity index (χ2v) is 8.89. The molecule has 3 N–H and O–H groups in total. The van der Waals surface area contributed by atoms with E-state index in [0.29, 0.717) is 12.0 Å². The van der Waals surface area contributed by atoms with E-state index in [1.807, 2.05) is 6.08 Å². The smallest absolute Gasteiger partial charge is 0.251 e. The van der Waals surface area contributed by atoms with Gasteiger partial charge in [0.25, 0.3) is 5.91 Å². The molecule has 0 saturated carbocycles. The normalized spacial score (nSPS) is 13.3. The van der Waals surface area contributed by atoms with Crippen molar-refractivity contribution in [2.45, 2.75) is 58.3 Å². The van der Waals surface area contributed by atoms with Crippen LogP contribution in [0, 0.1) is 0 Å². The topological polar surface area (TPSA) is 133 Å². The van der Waals surface area contributed by atoms with Gasteiger partial charge in [-0.2, -0.15) is 0 Å². The monoisotopic (exact) mass is 565 g/mol. The van der Waals surface area contributed by atoms with Crippen LogP contribution in [0.3, 0.4) is 0 Å². The van der Waals surface area contributed by atoms with E-state index in [1.54, 1.807) is 30.3 Å². The van der Waals surface area contributed by atoms with Gasteiger partial charge < -0.3 is 35.8 Å². The number of hydrogen-bond donors (Lipinski definition) is 3. The molecule has 1 aromatic rings. The summed E-state index contributed by atoms with van der Waals surface area (Å²) in [6, 6.07) is 8.38. The van der Waals surface area contributed by atoms with Gasteiger partial charge in [-0.1, -0.05) is 85.9 Å². The zero-order chi connectivity index (χ0) is 30.2. The Morgan fingerprint density at radius 1 is 0.707 bits per heavy atom. The van der Waals surface area contributed by atoms with Crippen molar-refractivity contribution in [2.24, 2.45) is 0 Å². The molecule has 1 amide bonds. The van der Waals surface area contributed by atoms with E-state index in [9.17, 15) is 24.6 Å². The first kappa shape index (κ1) is 37.2. The minimum Gasteiger partial charge on any atom is -0.550 e. The third-order valence-electron chi connectivity index (χ3n) is 5.30. The minimum atomic E-state index is -1.30. The van der Waals surface area contributed by atoms with Crippen molar-refractivity contribution in [3.63, 3.8) is 0 Å². The predicted molar refractivity (Wildman–Crippen MR) is 163 cm³/mol. The fraction of sp³-hybridized carbons (Fsp3) is 0.424. The molecule has 0 unspecified atom stereocenters. The number of benzene rings is 1. The molecule has 1 saturated heterocycles. The molecule has 0 radical (unpaired) electrons. The van der Waals surface area contributed by atoms with E-state index in [4.69, 9.17) is 0 Å². The first-order chi connectivity index (χ1) is 20.0. The van der Waals surface area contributed by atoms with E-state index < -0.39 is 24.4 Å². The number of unbranched alkanes of at least 4 members (excludes halogenated alkanes) is 1. The number of hydrogen-bond acceptors (Lipinski definition) is 7. The summed E-state index contributed by atoms with van der Waals surface area (Å²) >= 11 is 0. The van der Waals surface area contributed by atoms with Crippen LogP contribution in [0.4, 0.5) is 0 Å². The van der Waals surface area contributed by atoms with Crippen molar-refractivity contribution in [3.8, 4) is 0 Å². The van der Waals surface area contributed by atoms with Crippen molar-refractivity contribution in [1.82, 2.24) is 16.0 Å². The summed E-state index contributed by atoms with van der Waals surface area (Å²) in [7, 11) is 0. The Labute approximate surface area is 246 Å². The van der Waals surface area contributed by atoms with E-state index in [1.165, 1.54) is 0 Å². The fourth-order valence-corrected chi connectivity index (χ4v) is 3.18. The molecule has 2 rings (SSSR count). The van der Waals surface area contributed by atoms with Gasteiger partial charge in [-0.3, -0.25) is 4.79 Å². The average molecular weight is 566 g/mol. The number of carboxylic acid groups (broad SMARTS) is 2. The fourth-order valence-electron chi connectivity index (χ4n) is 3.18. The summed E-state index contributed by atoms with van der Waals surface area (Å²) in [5.74, 6) is -2.68. The minimum absolute atomic E-state index is 0.147. The van der Waals surface area contributed by atoms with Crippen molar-refractivity contribution in [1.29, 1.82) is 0 Å². The lowest BCUT2D eigenvalue weighted by molar-refractivity contribution is -0.306. The molecule has 0 spiro atoms. The van der Waals surface area contributed by atoms with Crippen LogP contribution >= 0.6 is 0 Å². The van der Waals surface area contributed by atoms with Gasteiger partial charge in [0.15, 0.2) is 0 Å². The first-order valence-corrected chi connectivity index (χ1v) is 14.4. The quantitative estimate of drug-likeness (QED) is 0.207. The molecule has 1 fully saturated rings. The number of carbonyl (C=O) groups is 3. The Balaban J connectivity index is 0.000000696. The van der Waals surface area contributed by atoms with E-state index in [2.05, 4.69) is 77.6 Å². The predicted octanol–water partition coefficient (Wildman–Crippen LogP) is 3.00. The Bertz CT molecular complexity index is 937. The lowest BCUT2D eigenvalue weighted by Gasteiger charge is -2.11. The Kier molecular flexibility index (Phi) is 26.6. The molecule has 1 aromatic carbocycles. The van der Waals surface area contributed by atoms with Gasteiger partial charge in [-0.15, -0.1) is 0 Å². The largest absolute Gasteiger partial charge is 0.550 e. The summed E-state index contributed by atoms with van der Waals surface area (Å²) in [5, 5.41) is 28.9. The molecule has 41 heavy (non-hydrogen) atoms. The zero-order valence-corrected chi connectivity index (χ0v) is 24.4. The molecule has 1 aliphatic rings. The third kappa shape index (κ3) is 29.1. The molecule has 1 aliphatic heterocycles. The van der Waals surface area contributed by atoms with Crippen LogP contribution in [0.15, 0.2) is 91.1 Å². The van der Waals surface area contributed by atoms with Crippen LogP contribution < -0.4 is 26.2 Å². The maximum atomic E-state index is 11.1. The SMILES string of the molecule is C1CNCCN1.CC/C=C\C/C=C\C/C=C\C/C=C\C/C=C\CCCC(=O)[O-].O=C([O-])CNC(=O)c1ccccc1. The average Bonchev–Trinajstić information content (AvgIpc) is 2.99. The summed E-state index contributed by atoms with van der Waals surface area (Å²) in [6.45, 7) is 6.23. The number of carboxylic acids is 2. The number of rotatable bonds is 16. The van der Waals surface area contributed by atoms with Crippen molar-refractivity contribution in [2.75, 3.05) is 32.7 Å². The van der Waals surface area contributed by atoms with Crippen LogP contribution in [-0.4, -0.2) is 50.6 Å². The van der Waals surface area contributed by atoms with Gasteiger partial charge in [0.1, 0.15) is 0 Å². The molecule has 8 heteroatoms. The molecule has 0 bridgehead atoms. The summed E-state index contributed by atoms with van der Waals surface area (Å²) in [4.78, 5) is 31.4. The van der Waals surface area contributed by atoms with Gasteiger partial charge in [-0.25, -0.2) is 0 Å². The van der Waals surface area contributed by atoms with Crippen LogP contribution in [0.25, 0.3) is 0 Å². The molecule has 0 atom stereocenters. The Hall–Kier alpha value is -3.75. The van der Waals surface area contributed by atoms with E-state index in [0.717, 1.165) is 64.7 Å². The van der Waals surface area contributed by atoms with Gasteiger partial charge in [0.2, 0.25) is 0 Å². The zero-order valence-electron chi connectivity index (χ0n) is 24.4. The van der Waals surface area contributed by atoms with Gasteiger partial charge in [0.05, 0.1) is 12.5 Å². The number of piperazine rings is 1. The second kappa shape index (κ2) is 29.2. The highest BCUT2D eigenvalue weighted by molar-refractivity contribution is 5.95. The first-order valence-electron chi connectivity index (χ1n) is 14.4. The van der Waals surface area contributed by atoms with Gasteiger partial charge >= 0.3 is 0 Å². The van der Waals surface area contributed by atoms with Crippen LogP contribution in [-0.2, 0) is 9.59 Å². The number of nitrogens with one attached hydrogen (secondary N) is 3. The molecule has 1 heterocycles. The molecule has 0 aliphatic carbocycles. The highest BCUT2D eigenvalue weighted by Gasteiger charge is 2.02. The Morgan fingerprint density at radius 2 is 1.17 bits per heavy atom. The van der Waals surface area contributed by atoms with Gasteiger partial charge in [-0.05, 0) is 63.5 Å². The summed E-state index contributed by atoms with van der Waals surface area (Å²) in [6.07, 6.45) is 28.1. The van der Waals surface area contributed by atoms with E-state index in [-0.39, 0.29) is 6.42 Å². The highest BCUT2D eigenvalue weighted by Crippen LogP contribution is 1.99. The number of aliphatic carboxylic acids is 2. The standard InChI is InChI=1S/C20H30O2.C9H9NO3.C4H10N2/c1-2-3-4-5-6-7-8-9-10-11-12-13-14-15-16-17-18-19-20(21)22;11-8(12)6-10-9(13)7-4-2-1-3-5-7;1-2-6-4-3-5-1/h3-4,6-7,9-10,12-13,15-16H,2,5,8,11,14,17-19H2,1H3,(H,21,22);1-5H,6H2,(H,10,13)(H,11,12);5-6H,1-4H2/p-2/b4-3-,7-6-,10-9-,13-12-,16-15-;;. The highest BCUT2D eigenvalue weighted by atomic mass is 16.4. The van der Waals surface area contributed by atoms with Gasteiger partial charge in [0, 0.05) is 37.7 Å². The van der Waals surface area contributed by atoms with Crippen LogP contribution in [0.2, 0.25) is 0 Å². The number of allylic oxidation sites excluding steroid dienone is 10. The molecular formula is C33H47N3O5-2. The lowest BCUT2D eigenvalue weighted by atomic mass is 10.2. The third-order valence-corrected chi connectivity index (χ3v) is 5.30. The second-order valence-electron chi connectivity index (χ2n) is 8.89.